The molecule has 0 aromatic carbocycles. The SMILES string of the molecule is Cc1cc(N2CC3C(C2)C3(F)F)nc(C)c1Cn1cnc(C(=O)N[C@@H]2CCc3c2ncn3C)c1. The van der Waals surface area contributed by atoms with Crippen LogP contribution >= 0.6 is 0 Å². The monoisotopic (exact) mass is 467 g/mol. The molecule has 1 N–H and O–H groups in total. The largest absolute Gasteiger partial charge is 0.356 e. The first-order valence-electron chi connectivity index (χ1n) is 11.6. The Bertz CT molecular complexity index is 1260. The van der Waals surface area contributed by atoms with Gasteiger partial charge in [-0.1, -0.05) is 0 Å². The quantitative estimate of drug-likeness (QED) is 0.624. The maximum absolute atomic E-state index is 13.5. The van der Waals surface area contributed by atoms with Crippen LogP contribution in [0.15, 0.2) is 24.9 Å². The van der Waals surface area contributed by atoms with Crippen LogP contribution in [0.1, 0.15) is 51.2 Å². The van der Waals surface area contributed by atoms with Crippen LogP contribution in [-0.4, -0.2) is 49.0 Å². The van der Waals surface area contributed by atoms with E-state index in [0.29, 0.717) is 25.3 Å². The lowest BCUT2D eigenvalue weighted by Gasteiger charge is -2.23. The van der Waals surface area contributed by atoms with Crippen molar-refractivity contribution in [2.75, 3.05) is 18.0 Å². The Hall–Kier alpha value is -3.30. The third kappa shape index (κ3) is 3.30. The van der Waals surface area contributed by atoms with Gasteiger partial charge >= 0.3 is 0 Å². The fourth-order valence-electron chi connectivity index (χ4n) is 5.54. The maximum Gasteiger partial charge on any atom is 0.272 e. The van der Waals surface area contributed by atoms with Gasteiger partial charge in [0.1, 0.15) is 11.5 Å². The Morgan fingerprint density at radius 1 is 1.21 bits per heavy atom. The topological polar surface area (TPSA) is 80.9 Å². The number of carbonyl (C=O) groups is 1. The second-order valence-corrected chi connectivity index (χ2v) is 9.84. The normalized spacial score (nSPS) is 24.3. The van der Waals surface area contributed by atoms with Crippen molar-refractivity contribution in [3.05, 3.63) is 58.8 Å². The first-order valence-corrected chi connectivity index (χ1v) is 11.6. The summed E-state index contributed by atoms with van der Waals surface area (Å²) >= 11 is 0. The highest BCUT2D eigenvalue weighted by Gasteiger charge is 2.71. The molecular weight excluding hydrogens is 440 g/mol. The predicted molar refractivity (Wildman–Crippen MR) is 121 cm³/mol. The molecule has 3 aliphatic rings. The highest BCUT2D eigenvalue weighted by molar-refractivity contribution is 5.92. The molecule has 6 rings (SSSR count). The Labute approximate surface area is 196 Å². The zero-order valence-electron chi connectivity index (χ0n) is 19.4. The summed E-state index contributed by atoms with van der Waals surface area (Å²) in [5, 5.41) is 3.05. The smallest absolute Gasteiger partial charge is 0.272 e. The lowest BCUT2D eigenvalue weighted by atomic mass is 10.1. The van der Waals surface area contributed by atoms with Gasteiger partial charge in [0.15, 0.2) is 0 Å². The number of rotatable bonds is 5. The molecule has 0 bridgehead atoms. The van der Waals surface area contributed by atoms with Crippen LogP contribution in [0.3, 0.4) is 0 Å². The summed E-state index contributed by atoms with van der Waals surface area (Å²) in [6.07, 6.45) is 6.91. The van der Waals surface area contributed by atoms with Crippen molar-refractivity contribution in [1.82, 2.24) is 29.4 Å². The molecule has 1 saturated carbocycles. The minimum absolute atomic E-state index is 0.0911. The number of hydrogen-bond acceptors (Lipinski definition) is 5. The van der Waals surface area contributed by atoms with Crippen LogP contribution in [-0.2, 0) is 20.0 Å². The molecule has 3 atom stereocenters. The van der Waals surface area contributed by atoms with Gasteiger partial charge in [0.2, 0.25) is 0 Å². The number of carbonyl (C=O) groups excluding carboxylic acids is 1. The number of nitrogens with one attached hydrogen (secondary N) is 1. The van der Waals surface area contributed by atoms with E-state index in [1.54, 1.807) is 18.9 Å². The standard InChI is InChI=1S/C24H27F2N7O/c1-13-6-21(33-8-16-17(9-33)24(16,25)26)29-14(2)15(13)7-32-10-19(27-12-32)23(34)30-18-4-5-20-22(18)28-11-31(20)3/h6,10-12,16-18H,4-5,7-9H2,1-3H3,(H,30,34)/t16?,17?,18-/m1/s1. The summed E-state index contributed by atoms with van der Waals surface area (Å²) in [5.74, 6) is -3.01. The molecule has 8 nitrogen and oxygen atoms in total. The number of aromatic nitrogens is 5. The van der Waals surface area contributed by atoms with Crippen LogP contribution < -0.4 is 10.2 Å². The molecule has 10 heteroatoms. The molecule has 4 heterocycles. The average molecular weight is 468 g/mol. The van der Waals surface area contributed by atoms with Gasteiger partial charge in [0.05, 0.1) is 42.8 Å². The summed E-state index contributed by atoms with van der Waals surface area (Å²) < 4.78 is 31.0. The molecule has 1 aliphatic heterocycles. The van der Waals surface area contributed by atoms with E-state index in [-0.39, 0.29) is 11.9 Å². The van der Waals surface area contributed by atoms with Gasteiger partial charge in [-0.25, -0.2) is 23.7 Å². The van der Waals surface area contributed by atoms with Crippen LogP contribution in [0.25, 0.3) is 0 Å². The van der Waals surface area contributed by atoms with Crippen molar-refractivity contribution in [3.8, 4) is 0 Å². The average Bonchev–Trinajstić information content (AvgIpc) is 3.42. The number of alkyl halides is 2. The summed E-state index contributed by atoms with van der Waals surface area (Å²) in [7, 11) is 1.97. The van der Waals surface area contributed by atoms with Gasteiger partial charge in [-0.15, -0.1) is 0 Å². The molecule has 1 amide bonds. The molecule has 1 saturated heterocycles. The molecule has 3 aromatic rings. The molecule has 2 unspecified atom stereocenters. The van der Waals surface area contributed by atoms with Crippen molar-refractivity contribution in [2.24, 2.45) is 18.9 Å². The van der Waals surface area contributed by atoms with Gasteiger partial charge in [0.25, 0.3) is 11.8 Å². The minimum atomic E-state index is -2.50. The molecule has 2 fully saturated rings. The van der Waals surface area contributed by atoms with Crippen molar-refractivity contribution in [1.29, 1.82) is 0 Å². The van der Waals surface area contributed by atoms with Gasteiger partial charge in [-0.05, 0) is 43.9 Å². The van der Waals surface area contributed by atoms with E-state index >= 15 is 0 Å². The lowest BCUT2D eigenvalue weighted by molar-refractivity contribution is 0.0796. The second kappa shape index (κ2) is 7.35. The number of amides is 1. The summed E-state index contributed by atoms with van der Waals surface area (Å²) in [5.41, 5.74) is 5.40. The number of nitrogens with zero attached hydrogens (tertiary/aromatic N) is 6. The van der Waals surface area contributed by atoms with E-state index in [0.717, 1.165) is 46.9 Å². The number of halogens is 2. The third-order valence-corrected chi connectivity index (χ3v) is 7.67. The summed E-state index contributed by atoms with van der Waals surface area (Å²) in [6, 6.07) is 1.88. The van der Waals surface area contributed by atoms with E-state index in [1.165, 1.54) is 0 Å². The fourth-order valence-corrected chi connectivity index (χ4v) is 5.54. The van der Waals surface area contributed by atoms with Gasteiger partial charge < -0.3 is 19.4 Å². The Morgan fingerprint density at radius 2 is 1.97 bits per heavy atom. The zero-order valence-corrected chi connectivity index (χ0v) is 19.4. The number of hydrogen-bond donors (Lipinski definition) is 1. The Morgan fingerprint density at radius 3 is 2.71 bits per heavy atom. The molecule has 0 spiro atoms. The Balaban J connectivity index is 1.13. The molecular formula is C24H27F2N7O. The van der Waals surface area contributed by atoms with Gasteiger partial charge in [-0.3, -0.25) is 4.79 Å². The number of anilines is 1. The predicted octanol–water partition coefficient (Wildman–Crippen LogP) is 2.80. The number of fused-ring (bicyclic) bond motifs is 2. The Kier molecular flexibility index (Phi) is 4.59. The summed E-state index contributed by atoms with van der Waals surface area (Å²) in [6.45, 7) is 5.20. The number of aryl methyl sites for hydroxylation is 3. The van der Waals surface area contributed by atoms with Crippen LogP contribution in [0.5, 0.6) is 0 Å². The number of pyridine rings is 1. The highest BCUT2D eigenvalue weighted by atomic mass is 19.3. The maximum atomic E-state index is 13.5. The molecule has 2 aliphatic carbocycles. The summed E-state index contributed by atoms with van der Waals surface area (Å²) in [4.78, 5) is 28.2. The van der Waals surface area contributed by atoms with Gasteiger partial charge in [-0.2, -0.15) is 0 Å². The van der Waals surface area contributed by atoms with E-state index in [4.69, 9.17) is 4.98 Å². The molecule has 3 aromatic heterocycles. The number of piperidine rings is 1. The molecule has 34 heavy (non-hydrogen) atoms. The highest BCUT2D eigenvalue weighted by Crippen LogP contribution is 2.59. The molecule has 0 radical (unpaired) electrons. The molecule has 178 valence electrons. The van der Waals surface area contributed by atoms with Crippen molar-refractivity contribution >= 4 is 11.7 Å². The van der Waals surface area contributed by atoms with Crippen molar-refractivity contribution in [3.63, 3.8) is 0 Å². The van der Waals surface area contributed by atoms with E-state index in [9.17, 15) is 13.6 Å². The second-order valence-electron chi connectivity index (χ2n) is 9.84. The van der Waals surface area contributed by atoms with Crippen molar-refractivity contribution < 1.29 is 13.6 Å². The van der Waals surface area contributed by atoms with E-state index in [2.05, 4.69) is 15.3 Å². The van der Waals surface area contributed by atoms with Crippen LogP contribution in [0.2, 0.25) is 0 Å². The fraction of sp³-hybridized carbons (Fsp3) is 0.500. The lowest BCUT2D eigenvalue weighted by Crippen LogP contribution is -2.28. The van der Waals surface area contributed by atoms with Crippen LogP contribution in [0, 0.1) is 25.7 Å². The first kappa shape index (κ1) is 21.2. The van der Waals surface area contributed by atoms with Crippen LogP contribution in [0.4, 0.5) is 14.6 Å². The van der Waals surface area contributed by atoms with Gasteiger partial charge in [0, 0.05) is 37.7 Å². The third-order valence-electron chi connectivity index (χ3n) is 7.67. The van der Waals surface area contributed by atoms with Crippen molar-refractivity contribution in [2.45, 2.75) is 45.2 Å². The van der Waals surface area contributed by atoms with E-state index in [1.807, 2.05) is 41.0 Å². The first-order chi connectivity index (χ1) is 16.2. The zero-order chi connectivity index (χ0) is 23.8. The number of imidazole rings is 2. The van der Waals surface area contributed by atoms with E-state index < -0.39 is 17.8 Å². The minimum Gasteiger partial charge on any atom is -0.356 e.